The Hall–Kier alpha value is -1.58. The van der Waals surface area contributed by atoms with Crippen LogP contribution < -0.4 is 0 Å². The summed E-state index contributed by atoms with van der Waals surface area (Å²) in [6.45, 7) is 6.22. The van der Waals surface area contributed by atoms with Crippen LogP contribution in [0.1, 0.15) is 40.0 Å². The molecule has 0 aromatic rings. The second-order valence-corrected chi connectivity index (χ2v) is 4.80. The predicted molar refractivity (Wildman–Crippen MR) is 74.6 cm³/mol. The SMILES string of the molecule is COC(=O)C(=CCC(C)CCC=C(C)C)C(=O)OC. The lowest BCUT2D eigenvalue weighted by molar-refractivity contribution is -0.144. The molecule has 0 aliphatic rings. The van der Waals surface area contributed by atoms with Gasteiger partial charge in [0.05, 0.1) is 14.2 Å². The number of allylic oxidation sites excluding steroid dienone is 3. The van der Waals surface area contributed by atoms with E-state index in [1.54, 1.807) is 6.08 Å². The van der Waals surface area contributed by atoms with Gasteiger partial charge >= 0.3 is 11.9 Å². The average Bonchev–Trinajstić information content (AvgIpc) is 2.37. The van der Waals surface area contributed by atoms with Gasteiger partial charge in [0.1, 0.15) is 5.57 Å². The van der Waals surface area contributed by atoms with E-state index in [1.807, 2.05) is 0 Å². The summed E-state index contributed by atoms with van der Waals surface area (Å²) in [5.41, 5.74) is 1.27. The Morgan fingerprint density at radius 3 is 2.00 bits per heavy atom. The van der Waals surface area contributed by atoms with Crippen molar-refractivity contribution in [3.8, 4) is 0 Å². The topological polar surface area (TPSA) is 52.6 Å². The van der Waals surface area contributed by atoms with E-state index in [0.717, 1.165) is 12.8 Å². The molecule has 0 spiro atoms. The van der Waals surface area contributed by atoms with Crippen molar-refractivity contribution in [3.05, 3.63) is 23.3 Å². The first kappa shape index (κ1) is 17.4. The van der Waals surface area contributed by atoms with E-state index in [9.17, 15) is 9.59 Å². The van der Waals surface area contributed by atoms with Crippen LogP contribution in [0.4, 0.5) is 0 Å². The maximum Gasteiger partial charge on any atom is 0.344 e. The maximum absolute atomic E-state index is 11.4. The first-order valence-corrected chi connectivity index (χ1v) is 6.42. The molecule has 0 saturated heterocycles. The first-order chi connectivity index (χ1) is 8.92. The van der Waals surface area contributed by atoms with E-state index >= 15 is 0 Å². The van der Waals surface area contributed by atoms with E-state index in [-0.39, 0.29) is 5.57 Å². The fourth-order valence-corrected chi connectivity index (χ4v) is 1.56. The lowest BCUT2D eigenvalue weighted by atomic mass is 9.99. The normalized spacial score (nSPS) is 11.2. The molecule has 0 N–H and O–H groups in total. The fourth-order valence-electron chi connectivity index (χ4n) is 1.56. The zero-order chi connectivity index (χ0) is 14.8. The Morgan fingerprint density at radius 1 is 1.05 bits per heavy atom. The van der Waals surface area contributed by atoms with Crippen molar-refractivity contribution in [2.45, 2.75) is 40.0 Å². The van der Waals surface area contributed by atoms with Crippen molar-refractivity contribution in [2.75, 3.05) is 14.2 Å². The summed E-state index contributed by atoms with van der Waals surface area (Å²) in [6.07, 6.45) is 6.45. The number of carbonyl (C=O) groups is 2. The summed E-state index contributed by atoms with van der Waals surface area (Å²) in [6, 6.07) is 0. The minimum absolute atomic E-state index is 0.0286. The van der Waals surface area contributed by atoms with Gasteiger partial charge in [0, 0.05) is 0 Å². The van der Waals surface area contributed by atoms with Gasteiger partial charge < -0.3 is 9.47 Å². The number of hydrogen-bond donors (Lipinski definition) is 0. The molecule has 0 aliphatic heterocycles. The van der Waals surface area contributed by atoms with E-state index in [4.69, 9.17) is 0 Å². The molecule has 0 aromatic heterocycles. The molecule has 0 aromatic carbocycles. The minimum Gasteiger partial charge on any atom is -0.465 e. The molecule has 19 heavy (non-hydrogen) atoms. The third-order valence-corrected chi connectivity index (χ3v) is 2.75. The summed E-state index contributed by atoms with van der Waals surface area (Å²) < 4.78 is 9.13. The zero-order valence-corrected chi connectivity index (χ0v) is 12.5. The number of hydrogen-bond acceptors (Lipinski definition) is 4. The highest BCUT2D eigenvalue weighted by molar-refractivity contribution is 6.13. The van der Waals surface area contributed by atoms with Crippen LogP contribution in [-0.4, -0.2) is 26.2 Å². The number of esters is 2. The lowest BCUT2D eigenvalue weighted by Crippen LogP contribution is -2.16. The summed E-state index contributed by atoms with van der Waals surface area (Å²) in [5, 5.41) is 0. The summed E-state index contributed by atoms with van der Waals surface area (Å²) in [5.74, 6) is -0.911. The van der Waals surface area contributed by atoms with Crippen LogP contribution in [0.15, 0.2) is 23.3 Å². The molecule has 4 nitrogen and oxygen atoms in total. The third kappa shape index (κ3) is 7.44. The van der Waals surface area contributed by atoms with Crippen molar-refractivity contribution in [1.82, 2.24) is 0 Å². The molecule has 0 saturated carbocycles. The predicted octanol–water partition coefficient (Wildman–Crippen LogP) is 3.03. The summed E-state index contributed by atoms with van der Waals surface area (Å²) in [4.78, 5) is 22.9. The van der Waals surface area contributed by atoms with Gasteiger partial charge in [-0.25, -0.2) is 9.59 Å². The maximum atomic E-state index is 11.4. The summed E-state index contributed by atoms with van der Waals surface area (Å²) >= 11 is 0. The van der Waals surface area contributed by atoms with E-state index in [0.29, 0.717) is 12.3 Å². The second-order valence-electron chi connectivity index (χ2n) is 4.80. The van der Waals surface area contributed by atoms with Gasteiger partial charge in [-0.05, 0) is 39.0 Å². The van der Waals surface area contributed by atoms with Gasteiger partial charge in [0.25, 0.3) is 0 Å². The summed E-state index contributed by atoms with van der Waals surface area (Å²) in [7, 11) is 2.49. The molecule has 1 atom stereocenters. The van der Waals surface area contributed by atoms with Gasteiger partial charge in [-0.3, -0.25) is 0 Å². The average molecular weight is 268 g/mol. The number of ether oxygens (including phenoxy) is 2. The molecule has 4 heteroatoms. The Labute approximate surface area is 115 Å². The largest absolute Gasteiger partial charge is 0.465 e. The van der Waals surface area contributed by atoms with Crippen LogP contribution in [-0.2, 0) is 19.1 Å². The van der Waals surface area contributed by atoms with Crippen molar-refractivity contribution >= 4 is 11.9 Å². The monoisotopic (exact) mass is 268 g/mol. The van der Waals surface area contributed by atoms with E-state index < -0.39 is 11.9 Å². The number of carbonyl (C=O) groups excluding carboxylic acids is 2. The van der Waals surface area contributed by atoms with Gasteiger partial charge in [-0.2, -0.15) is 0 Å². The zero-order valence-electron chi connectivity index (χ0n) is 12.5. The standard InChI is InChI=1S/C15H24O4/c1-11(2)7-6-8-12(3)9-10-13(14(16)18-4)15(17)19-5/h7,10,12H,6,8-9H2,1-5H3. The minimum atomic E-state index is -0.650. The Balaban J connectivity index is 4.49. The highest BCUT2D eigenvalue weighted by Crippen LogP contribution is 2.14. The van der Waals surface area contributed by atoms with Crippen molar-refractivity contribution in [2.24, 2.45) is 5.92 Å². The molecular weight excluding hydrogens is 244 g/mol. The van der Waals surface area contributed by atoms with E-state index in [2.05, 4.69) is 36.3 Å². The molecule has 0 radical (unpaired) electrons. The number of rotatable bonds is 7. The van der Waals surface area contributed by atoms with Crippen LogP contribution >= 0.6 is 0 Å². The molecule has 0 rings (SSSR count). The van der Waals surface area contributed by atoms with Crippen molar-refractivity contribution in [1.29, 1.82) is 0 Å². The van der Waals surface area contributed by atoms with Crippen LogP contribution in [0.5, 0.6) is 0 Å². The molecular formula is C15H24O4. The van der Waals surface area contributed by atoms with Crippen LogP contribution in [0.3, 0.4) is 0 Å². The lowest BCUT2D eigenvalue weighted by Gasteiger charge is -2.08. The molecule has 0 fully saturated rings. The molecule has 0 bridgehead atoms. The van der Waals surface area contributed by atoms with Crippen LogP contribution in [0.2, 0.25) is 0 Å². The van der Waals surface area contributed by atoms with E-state index in [1.165, 1.54) is 19.8 Å². The van der Waals surface area contributed by atoms with Gasteiger partial charge in [-0.15, -0.1) is 0 Å². The second kappa shape index (κ2) is 9.36. The molecule has 0 amide bonds. The van der Waals surface area contributed by atoms with Gasteiger partial charge in [0.2, 0.25) is 0 Å². The highest BCUT2D eigenvalue weighted by atomic mass is 16.5. The third-order valence-electron chi connectivity index (χ3n) is 2.75. The molecule has 0 heterocycles. The van der Waals surface area contributed by atoms with Crippen LogP contribution in [0, 0.1) is 5.92 Å². The van der Waals surface area contributed by atoms with Gasteiger partial charge in [0.15, 0.2) is 0 Å². The smallest absolute Gasteiger partial charge is 0.344 e. The quantitative estimate of drug-likeness (QED) is 0.234. The van der Waals surface area contributed by atoms with Crippen LogP contribution in [0.25, 0.3) is 0 Å². The Bertz CT molecular complexity index is 344. The van der Waals surface area contributed by atoms with Gasteiger partial charge in [-0.1, -0.05) is 24.6 Å². The fraction of sp³-hybridized carbons (Fsp3) is 0.600. The van der Waals surface area contributed by atoms with Crippen molar-refractivity contribution < 1.29 is 19.1 Å². The first-order valence-electron chi connectivity index (χ1n) is 6.42. The molecule has 108 valence electrons. The Morgan fingerprint density at radius 2 is 1.58 bits per heavy atom. The van der Waals surface area contributed by atoms with Crippen molar-refractivity contribution in [3.63, 3.8) is 0 Å². The molecule has 1 unspecified atom stereocenters. The number of methoxy groups -OCH3 is 2. The Kier molecular flexibility index (Phi) is 8.58. The highest BCUT2D eigenvalue weighted by Gasteiger charge is 2.19. The molecule has 0 aliphatic carbocycles.